The fourth-order valence-electron chi connectivity index (χ4n) is 2.46. The zero-order valence-corrected chi connectivity index (χ0v) is 12.6. The van der Waals surface area contributed by atoms with E-state index in [0.29, 0.717) is 6.04 Å². The van der Waals surface area contributed by atoms with Crippen LogP contribution in [0, 0.1) is 0 Å². The minimum atomic E-state index is -0.0911. The van der Waals surface area contributed by atoms with Crippen LogP contribution >= 0.6 is 0 Å². The molecule has 1 aliphatic carbocycles. The third kappa shape index (κ3) is 7.41. The van der Waals surface area contributed by atoms with E-state index in [9.17, 15) is 5.11 Å². The van der Waals surface area contributed by atoms with Gasteiger partial charge in [0.1, 0.15) is 0 Å². The molecule has 1 fully saturated rings. The highest BCUT2D eigenvalue weighted by Gasteiger charge is 2.19. The molecule has 1 aliphatic rings. The van der Waals surface area contributed by atoms with Crippen molar-refractivity contribution < 1.29 is 5.11 Å². The van der Waals surface area contributed by atoms with Crippen molar-refractivity contribution in [1.82, 2.24) is 10.6 Å². The van der Waals surface area contributed by atoms with Gasteiger partial charge in [-0.15, -0.1) is 0 Å². The summed E-state index contributed by atoms with van der Waals surface area (Å²) in [5.41, 5.74) is 0. The molecule has 3 N–H and O–H groups in total. The normalized spacial score (nSPS) is 24.3. The smallest absolute Gasteiger partial charge is 0.191 e. The number of aliphatic hydroxyl groups is 1. The topological polar surface area (TPSA) is 56.7 Å². The molecular formula is C15H31N3O. The molecule has 0 radical (unpaired) electrons. The zero-order chi connectivity index (χ0) is 13.9. The third-order valence-electron chi connectivity index (χ3n) is 3.66. The van der Waals surface area contributed by atoms with E-state index in [0.717, 1.165) is 44.7 Å². The lowest BCUT2D eigenvalue weighted by Gasteiger charge is -2.27. The monoisotopic (exact) mass is 269 g/mol. The van der Waals surface area contributed by atoms with Crippen molar-refractivity contribution >= 4 is 5.96 Å². The Kier molecular flexibility index (Phi) is 8.63. The van der Waals surface area contributed by atoms with Gasteiger partial charge >= 0.3 is 0 Å². The molecule has 4 heteroatoms. The van der Waals surface area contributed by atoms with E-state index in [1.54, 1.807) is 0 Å². The number of hydrogen-bond acceptors (Lipinski definition) is 2. The van der Waals surface area contributed by atoms with Crippen molar-refractivity contribution in [3.8, 4) is 0 Å². The molecule has 0 aromatic carbocycles. The summed E-state index contributed by atoms with van der Waals surface area (Å²) in [6.07, 6.45) is 8.84. The van der Waals surface area contributed by atoms with Crippen LogP contribution in [0.4, 0.5) is 0 Å². The van der Waals surface area contributed by atoms with E-state index in [2.05, 4.69) is 29.5 Å². The van der Waals surface area contributed by atoms with Crippen LogP contribution in [-0.2, 0) is 0 Å². The largest absolute Gasteiger partial charge is 0.393 e. The second-order valence-corrected chi connectivity index (χ2v) is 5.47. The molecule has 0 heterocycles. The molecule has 0 spiro atoms. The van der Waals surface area contributed by atoms with Gasteiger partial charge in [0, 0.05) is 19.1 Å². The van der Waals surface area contributed by atoms with E-state index in [-0.39, 0.29) is 6.10 Å². The average molecular weight is 269 g/mol. The molecule has 0 amide bonds. The van der Waals surface area contributed by atoms with Crippen LogP contribution in [0.5, 0.6) is 0 Å². The highest BCUT2D eigenvalue weighted by Crippen LogP contribution is 2.18. The number of hydrogen-bond donors (Lipinski definition) is 3. The Bertz CT molecular complexity index is 248. The molecule has 0 unspecified atom stereocenters. The first-order valence-corrected chi connectivity index (χ1v) is 7.99. The first-order valence-electron chi connectivity index (χ1n) is 7.99. The fourth-order valence-corrected chi connectivity index (χ4v) is 2.46. The zero-order valence-electron chi connectivity index (χ0n) is 12.6. The lowest BCUT2D eigenvalue weighted by molar-refractivity contribution is 0.120. The maximum absolute atomic E-state index is 9.51. The van der Waals surface area contributed by atoms with Gasteiger partial charge in [0.05, 0.1) is 6.10 Å². The second kappa shape index (κ2) is 10.1. The molecule has 0 atom stereocenters. The molecule has 0 aromatic rings. The standard InChI is InChI=1S/C15H31N3O/c1-3-5-6-7-12-17-15(16-4-2)18-13-8-10-14(19)11-9-13/h13-14,19H,3-12H2,1-2H3,(H2,16,17,18). The van der Waals surface area contributed by atoms with E-state index < -0.39 is 0 Å². The predicted molar refractivity (Wildman–Crippen MR) is 81.5 cm³/mol. The first-order chi connectivity index (χ1) is 9.26. The molecule has 0 aromatic heterocycles. The number of nitrogens with zero attached hydrogens (tertiary/aromatic N) is 1. The van der Waals surface area contributed by atoms with Crippen LogP contribution in [0.2, 0.25) is 0 Å². The summed E-state index contributed by atoms with van der Waals surface area (Å²) in [5, 5.41) is 16.3. The summed E-state index contributed by atoms with van der Waals surface area (Å²) < 4.78 is 0. The molecule has 112 valence electrons. The number of aliphatic imine (C=N–C) groups is 1. The molecule has 0 bridgehead atoms. The minimum absolute atomic E-state index is 0.0911. The van der Waals surface area contributed by atoms with Crippen LogP contribution in [0.15, 0.2) is 4.99 Å². The van der Waals surface area contributed by atoms with Crippen LogP contribution in [-0.4, -0.2) is 36.3 Å². The van der Waals surface area contributed by atoms with Crippen LogP contribution in [0.1, 0.15) is 65.2 Å². The molecule has 0 saturated heterocycles. The Hall–Kier alpha value is -0.770. The lowest BCUT2D eigenvalue weighted by Crippen LogP contribution is -2.45. The fraction of sp³-hybridized carbons (Fsp3) is 0.933. The van der Waals surface area contributed by atoms with Crippen molar-refractivity contribution in [3.05, 3.63) is 0 Å². The summed E-state index contributed by atoms with van der Waals surface area (Å²) in [6, 6.07) is 0.469. The number of unbranched alkanes of at least 4 members (excludes halogenated alkanes) is 3. The van der Waals surface area contributed by atoms with E-state index >= 15 is 0 Å². The van der Waals surface area contributed by atoms with Gasteiger partial charge in [-0.1, -0.05) is 26.2 Å². The first kappa shape index (κ1) is 16.3. The van der Waals surface area contributed by atoms with Crippen LogP contribution < -0.4 is 10.6 Å². The van der Waals surface area contributed by atoms with Gasteiger partial charge in [0.25, 0.3) is 0 Å². The lowest BCUT2D eigenvalue weighted by atomic mass is 9.93. The van der Waals surface area contributed by atoms with E-state index in [4.69, 9.17) is 0 Å². The van der Waals surface area contributed by atoms with Crippen molar-refractivity contribution in [2.24, 2.45) is 4.99 Å². The molecule has 19 heavy (non-hydrogen) atoms. The molecule has 1 saturated carbocycles. The molecular weight excluding hydrogens is 238 g/mol. The Labute approximate surface area is 118 Å². The van der Waals surface area contributed by atoms with Crippen molar-refractivity contribution in [2.75, 3.05) is 13.1 Å². The van der Waals surface area contributed by atoms with Crippen LogP contribution in [0.3, 0.4) is 0 Å². The van der Waals surface area contributed by atoms with Gasteiger partial charge in [-0.25, -0.2) is 0 Å². The van der Waals surface area contributed by atoms with Gasteiger partial charge in [-0.2, -0.15) is 0 Å². The van der Waals surface area contributed by atoms with Gasteiger partial charge in [0.15, 0.2) is 5.96 Å². The summed E-state index contributed by atoms with van der Waals surface area (Å²) >= 11 is 0. The van der Waals surface area contributed by atoms with Crippen molar-refractivity contribution in [2.45, 2.75) is 77.4 Å². The highest BCUT2D eigenvalue weighted by molar-refractivity contribution is 5.80. The van der Waals surface area contributed by atoms with Gasteiger partial charge in [-0.05, 0) is 39.0 Å². The summed E-state index contributed by atoms with van der Waals surface area (Å²) in [7, 11) is 0. The molecule has 4 nitrogen and oxygen atoms in total. The van der Waals surface area contributed by atoms with Crippen LogP contribution in [0.25, 0.3) is 0 Å². The number of aliphatic hydroxyl groups excluding tert-OH is 1. The highest BCUT2D eigenvalue weighted by atomic mass is 16.3. The van der Waals surface area contributed by atoms with Crippen molar-refractivity contribution in [3.63, 3.8) is 0 Å². The maximum atomic E-state index is 9.51. The quantitative estimate of drug-likeness (QED) is 0.378. The van der Waals surface area contributed by atoms with E-state index in [1.165, 1.54) is 25.7 Å². The summed E-state index contributed by atoms with van der Waals surface area (Å²) in [4.78, 5) is 4.63. The molecule has 0 aliphatic heterocycles. The van der Waals surface area contributed by atoms with Gasteiger partial charge < -0.3 is 15.7 Å². The predicted octanol–water partition coefficient (Wildman–Crippen LogP) is 2.43. The van der Waals surface area contributed by atoms with E-state index in [1.807, 2.05) is 0 Å². The second-order valence-electron chi connectivity index (χ2n) is 5.47. The third-order valence-corrected chi connectivity index (χ3v) is 3.66. The minimum Gasteiger partial charge on any atom is -0.393 e. The maximum Gasteiger partial charge on any atom is 0.191 e. The Morgan fingerprint density at radius 1 is 1.11 bits per heavy atom. The Balaban J connectivity index is 2.28. The Morgan fingerprint density at radius 3 is 2.47 bits per heavy atom. The number of guanidine groups is 1. The summed E-state index contributed by atoms with van der Waals surface area (Å²) in [5.74, 6) is 0.945. The van der Waals surface area contributed by atoms with Gasteiger partial charge in [-0.3, -0.25) is 4.99 Å². The summed E-state index contributed by atoms with van der Waals surface area (Å²) in [6.45, 7) is 6.13. The van der Waals surface area contributed by atoms with Gasteiger partial charge in [0.2, 0.25) is 0 Å². The number of rotatable bonds is 7. The molecule has 1 rings (SSSR count). The Morgan fingerprint density at radius 2 is 1.84 bits per heavy atom. The average Bonchev–Trinajstić information content (AvgIpc) is 2.41. The van der Waals surface area contributed by atoms with Crippen molar-refractivity contribution in [1.29, 1.82) is 0 Å². The SMILES string of the molecule is CCCCCCN=C(NCC)NC1CCC(O)CC1. The number of nitrogens with one attached hydrogen (secondary N) is 2.